The topological polar surface area (TPSA) is 47.0 Å². The van der Waals surface area contributed by atoms with Crippen molar-refractivity contribution in [2.24, 2.45) is 0 Å². The van der Waals surface area contributed by atoms with Crippen LogP contribution in [0.1, 0.15) is 48.1 Å². The minimum Gasteiger partial charge on any atom is -0.388 e. The van der Waals surface area contributed by atoms with Gasteiger partial charge in [0.05, 0.1) is 6.10 Å². The number of anilines is 2. The van der Waals surface area contributed by atoms with Crippen LogP contribution in [0, 0.1) is 13.8 Å². The summed E-state index contributed by atoms with van der Waals surface area (Å²) >= 11 is 0. The van der Waals surface area contributed by atoms with Crippen LogP contribution >= 0.6 is 0 Å². The summed E-state index contributed by atoms with van der Waals surface area (Å²) in [5, 5.41) is 10.8. The minimum atomic E-state index is -0.460. The van der Waals surface area contributed by atoms with Crippen molar-refractivity contribution in [1.29, 1.82) is 0 Å². The monoisotopic (exact) mass is 421 g/mol. The van der Waals surface area contributed by atoms with Gasteiger partial charge in [-0.25, -0.2) is 0 Å². The number of piperazine rings is 1. The molecule has 0 bridgehead atoms. The summed E-state index contributed by atoms with van der Waals surface area (Å²) < 4.78 is 0. The summed E-state index contributed by atoms with van der Waals surface area (Å²) in [5.41, 5.74) is 7.25. The van der Waals surface area contributed by atoms with E-state index in [0.717, 1.165) is 63.4 Å². The van der Waals surface area contributed by atoms with Crippen LogP contribution < -0.4 is 9.80 Å². The van der Waals surface area contributed by atoms with Crippen molar-refractivity contribution >= 4 is 17.3 Å². The van der Waals surface area contributed by atoms with E-state index in [1.807, 2.05) is 24.0 Å². The fourth-order valence-corrected chi connectivity index (χ4v) is 4.84. The molecule has 4 rings (SSSR count). The molecule has 2 heterocycles. The van der Waals surface area contributed by atoms with E-state index in [4.69, 9.17) is 0 Å². The molecule has 2 aromatic carbocycles. The van der Waals surface area contributed by atoms with Crippen molar-refractivity contribution in [2.45, 2.75) is 46.1 Å². The molecule has 5 heteroatoms. The number of benzene rings is 2. The van der Waals surface area contributed by atoms with Crippen LogP contribution in [0.15, 0.2) is 36.4 Å². The van der Waals surface area contributed by atoms with Crippen molar-refractivity contribution < 1.29 is 9.90 Å². The zero-order valence-electron chi connectivity index (χ0n) is 19.1. The van der Waals surface area contributed by atoms with E-state index in [-0.39, 0.29) is 5.91 Å². The SMILES string of the molecule is CCC(=O)N1CCc2cc(C(O)CCN3CCN(c4cccc(C)c4C)CC3)ccc21. The number of hydrogen-bond donors (Lipinski definition) is 1. The van der Waals surface area contributed by atoms with Gasteiger partial charge in [-0.15, -0.1) is 0 Å². The second-order valence-electron chi connectivity index (χ2n) is 8.89. The summed E-state index contributed by atoms with van der Waals surface area (Å²) in [7, 11) is 0. The van der Waals surface area contributed by atoms with Gasteiger partial charge < -0.3 is 14.9 Å². The average Bonchev–Trinajstić information content (AvgIpc) is 3.22. The number of hydrogen-bond acceptors (Lipinski definition) is 4. The first kappa shape index (κ1) is 21.8. The number of carbonyl (C=O) groups is 1. The van der Waals surface area contributed by atoms with Crippen LogP contribution in [0.25, 0.3) is 0 Å². The van der Waals surface area contributed by atoms with Crippen molar-refractivity contribution in [3.63, 3.8) is 0 Å². The van der Waals surface area contributed by atoms with Crippen LogP contribution in [-0.2, 0) is 11.2 Å². The third-order valence-corrected chi connectivity index (χ3v) is 7.00. The molecule has 5 nitrogen and oxygen atoms in total. The molecule has 1 amide bonds. The lowest BCUT2D eigenvalue weighted by Gasteiger charge is -2.37. The van der Waals surface area contributed by atoms with Gasteiger partial charge in [0.1, 0.15) is 0 Å². The van der Waals surface area contributed by atoms with Gasteiger partial charge in [0, 0.05) is 57.1 Å². The predicted octanol–water partition coefficient (Wildman–Crippen LogP) is 3.85. The molecule has 2 aliphatic rings. The van der Waals surface area contributed by atoms with E-state index in [0.29, 0.717) is 6.42 Å². The van der Waals surface area contributed by atoms with Crippen molar-refractivity contribution in [3.8, 4) is 0 Å². The Morgan fingerprint density at radius 1 is 1.03 bits per heavy atom. The lowest BCUT2D eigenvalue weighted by molar-refractivity contribution is -0.118. The van der Waals surface area contributed by atoms with Crippen LogP contribution in [0.2, 0.25) is 0 Å². The minimum absolute atomic E-state index is 0.173. The summed E-state index contributed by atoms with van der Waals surface area (Å²) in [6.07, 6.45) is 1.68. The lowest BCUT2D eigenvalue weighted by atomic mass is 10.0. The number of aliphatic hydroxyl groups excluding tert-OH is 1. The van der Waals surface area contributed by atoms with Crippen LogP contribution in [0.4, 0.5) is 11.4 Å². The summed E-state index contributed by atoms with van der Waals surface area (Å²) in [5.74, 6) is 0.173. The maximum atomic E-state index is 12.1. The number of fused-ring (bicyclic) bond motifs is 1. The molecule has 1 fully saturated rings. The molecular weight excluding hydrogens is 386 g/mol. The van der Waals surface area contributed by atoms with Gasteiger partial charge in [0.2, 0.25) is 5.91 Å². The number of rotatable bonds is 6. The van der Waals surface area contributed by atoms with E-state index < -0.39 is 6.10 Å². The summed E-state index contributed by atoms with van der Waals surface area (Å²) in [4.78, 5) is 18.9. The van der Waals surface area contributed by atoms with Gasteiger partial charge in [-0.2, -0.15) is 0 Å². The highest BCUT2D eigenvalue weighted by Crippen LogP contribution is 2.32. The van der Waals surface area contributed by atoms with E-state index in [1.54, 1.807) is 0 Å². The zero-order valence-corrected chi connectivity index (χ0v) is 19.1. The third-order valence-electron chi connectivity index (χ3n) is 7.00. The molecule has 0 aromatic heterocycles. The maximum absolute atomic E-state index is 12.1. The molecule has 1 unspecified atom stereocenters. The van der Waals surface area contributed by atoms with E-state index in [9.17, 15) is 9.90 Å². The molecule has 1 N–H and O–H groups in total. The highest BCUT2D eigenvalue weighted by atomic mass is 16.3. The number of aryl methyl sites for hydroxylation is 1. The Hall–Kier alpha value is -2.37. The Morgan fingerprint density at radius 2 is 1.81 bits per heavy atom. The second kappa shape index (κ2) is 9.41. The van der Waals surface area contributed by atoms with Gasteiger partial charge in [0.15, 0.2) is 0 Å². The van der Waals surface area contributed by atoms with Crippen molar-refractivity contribution in [1.82, 2.24) is 4.90 Å². The largest absolute Gasteiger partial charge is 0.388 e. The smallest absolute Gasteiger partial charge is 0.226 e. The fraction of sp³-hybridized carbons (Fsp3) is 0.500. The van der Waals surface area contributed by atoms with Crippen molar-refractivity contribution in [3.05, 3.63) is 58.7 Å². The molecule has 166 valence electrons. The highest BCUT2D eigenvalue weighted by molar-refractivity contribution is 5.95. The lowest BCUT2D eigenvalue weighted by Crippen LogP contribution is -2.47. The molecule has 0 radical (unpaired) electrons. The summed E-state index contributed by atoms with van der Waals surface area (Å²) in [6, 6.07) is 12.6. The normalized spacial score (nSPS) is 17.7. The molecule has 2 aliphatic heterocycles. The molecule has 2 aromatic rings. The molecule has 1 atom stereocenters. The molecule has 31 heavy (non-hydrogen) atoms. The number of aliphatic hydroxyl groups is 1. The van der Waals surface area contributed by atoms with Gasteiger partial charge in [0.25, 0.3) is 0 Å². The van der Waals surface area contributed by atoms with Crippen LogP contribution in [0.5, 0.6) is 0 Å². The van der Waals surface area contributed by atoms with Gasteiger partial charge in [-0.3, -0.25) is 9.69 Å². The molecule has 1 saturated heterocycles. The Kier molecular flexibility index (Phi) is 6.63. The van der Waals surface area contributed by atoms with Crippen LogP contribution in [-0.4, -0.2) is 55.2 Å². The number of nitrogens with zero attached hydrogens (tertiary/aromatic N) is 3. The number of amides is 1. The van der Waals surface area contributed by atoms with Gasteiger partial charge in [-0.05, 0) is 61.1 Å². The first-order chi connectivity index (χ1) is 15.0. The Morgan fingerprint density at radius 3 is 2.55 bits per heavy atom. The van der Waals surface area contributed by atoms with E-state index in [1.165, 1.54) is 22.4 Å². The van der Waals surface area contributed by atoms with Crippen LogP contribution in [0.3, 0.4) is 0 Å². The molecular formula is C26H35N3O2. The molecule has 0 saturated carbocycles. The highest BCUT2D eigenvalue weighted by Gasteiger charge is 2.25. The second-order valence-corrected chi connectivity index (χ2v) is 8.89. The Balaban J connectivity index is 1.30. The van der Waals surface area contributed by atoms with E-state index in [2.05, 4.69) is 47.9 Å². The summed E-state index contributed by atoms with van der Waals surface area (Å²) in [6.45, 7) is 12.1. The predicted molar refractivity (Wildman–Crippen MR) is 127 cm³/mol. The Labute approximate surface area is 186 Å². The third kappa shape index (κ3) is 4.63. The maximum Gasteiger partial charge on any atom is 0.226 e. The quantitative estimate of drug-likeness (QED) is 0.770. The van der Waals surface area contributed by atoms with Crippen molar-refractivity contribution in [2.75, 3.05) is 49.1 Å². The number of carbonyl (C=O) groups excluding carboxylic acids is 1. The molecule has 0 aliphatic carbocycles. The van der Waals surface area contributed by atoms with Gasteiger partial charge in [-0.1, -0.05) is 31.2 Å². The van der Waals surface area contributed by atoms with E-state index >= 15 is 0 Å². The standard InChI is InChI=1S/C26H35N3O2/c1-4-26(31)29-13-10-21-18-22(8-9-24(21)29)25(30)11-12-27-14-16-28(17-15-27)23-7-5-6-19(2)20(23)3/h5-9,18,25,30H,4,10-17H2,1-3H3. The first-order valence-corrected chi connectivity index (χ1v) is 11.6. The fourth-order valence-electron chi connectivity index (χ4n) is 4.84. The Bertz CT molecular complexity index is 934. The first-order valence-electron chi connectivity index (χ1n) is 11.6. The average molecular weight is 422 g/mol. The van der Waals surface area contributed by atoms with Gasteiger partial charge >= 0.3 is 0 Å². The molecule has 0 spiro atoms. The zero-order chi connectivity index (χ0) is 22.0.